The lowest BCUT2D eigenvalue weighted by Gasteiger charge is -2.39. The van der Waals surface area contributed by atoms with Crippen molar-refractivity contribution in [2.24, 2.45) is 11.3 Å². The maximum absolute atomic E-state index is 8.74. The van der Waals surface area contributed by atoms with Gasteiger partial charge in [0.25, 0.3) is 0 Å². The third-order valence-corrected chi connectivity index (χ3v) is 4.51. The Morgan fingerprint density at radius 2 is 1.81 bits per heavy atom. The van der Waals surface area contributed by atoms with Crippen molar-refractivity contribution >= 4 is 0 Å². The molecule has 0 heterocycles. The van der Waals surface area contributed by atoms with Gasteiger partial charge in [-0.1, -0.05) is 27.2 Å². The molecule has 16 heavy (non-hydrogen) atoms. The molecule has 0 atom stereocenters. The second kappa shape index (κ2) is 6.61. The highest BCUT2D eigenvalue weighted by Gasteiger charge is 2.31. The van der Waals surface area contributed by atoms with Crippen molar-refractivity contribution < 1.29 is 5.11 Å². The van der Waals surface area contributed by atoms with Crippen molar-refractivity contribution in [1.82, 2.24) is 5.32 Å². The average Bonchev–Trinajstić information content (AvgIpc) is 2.30. The number of hydrogen-bond donors (Lipinski definition) is 2. The molecule has 1 aliphatic rings. The number of nitrogens with one attached hydrogen (secondary N) is 1. The summed E-state index contributed by atoms with van der Waals surface area (Å²) in [4.78, 5) is 0. The van der Waals surface area contributed by atoms with Gasteiger partial charge in [-0.15, -0.1) is 0 Å². The van der Waals surface area contributed by atoms with Crippen molar-refractivity contribution in [2.75, 3.05) is 13.2 Å². The lowest BCUT2D eigenvalue weighted by atomic mass is 9.69. The SMILES string of the molecule is CCC(C)(C)C1CCC(NCCCO)CC1. The van der Waals surface area contributed by atoms with E-state index in [1.807, 2.05) is 0 Å². The molecule has 2 nitrogen and oxygen atoms in total. The van der Waals surface area contributed by atoms with Gasteiger partial charge in [0, 0.05) is 12.6 Å². The third kappa shape index (κ3) is 4.06. The second-order valence-electron chi connectivity index (χ2n) is 5.92. The Morgan fingerprint density at radius 1 is 1.19 bits per heavy atom. The fourth-order valence-corrected chi connectivity index (χ4v) is 2.75. The number of aliphatic hydroxyl groups is 1. The third-order valence-electron chi connectivity index (χ3n) is 4.51. The van der Waals surface area contributed by atoms with Crippen LogP contribution in [0, 0.1) is 11.3 Å². The van der Waals surface area contributed by atoms with Crippen LogP contribution in [-0.2, 0) is 0 Å². The van der Waals surface area contributed by atoms with Crippen LogP contribution in [0.4, 0.5) is 0 Å². The lowest BCUT2D eigenvalue weighted by Crippen LogP contribution is -2.37. The lowest BCUT2D eigenvalue weighted by molar-refractivity contribution is 0.136. The molecule has 1 aliphatic carbocycles. The normalized spacial score (nSPS) is 27.0. The van der Waals surface area contributed by atoms with Gasteiger partial charge < -0.3 is 10.4 Å². The monoisotopic (exact) mass is 227 g/mol. The van der Waals surface area contributed by atoms with Gasteiger partial charge in [0.1, 0.15) is 0 Å². The highest BCUT2D eigenvalue weighted by Crippen LogP contribution is 2.40. The summed E-state index contributed by atoms with van der Waals surface area (Å²) < 4.78 is 0. The summed E-state index contributed by atoms with van der Waals surface area (Å²) in [7, 11) is 0. The van der Waals surface area contributed by atoms with Crippen molar-refractivity contribution in [3.05, 3.63) is 0 Å². The second-order valence-corrected chi connectivity index (χ2v) is 5.92. The molecule has 0 saturated heterocycles. The molecule has 0 radical (unpaired) electrons. The van der Waals surface area contributed by atoms with Crippen LogP contribution in [0.3, 0.4) is 0 Å². The van der Waals surface area contributed by atoms with E-state index in [2.05, 4.69) is 26.1 Å². The van der Waals surface area contributed by atoms with E-state index in [-0.39, 0.29) is 0 Å². The van der Waals surface area contributed by atoms with Crippen LogP contribution in [0.25, 0.3) is 0 Å². The van der Waals surface area contributed by atoms with Crippen LogP contribution < -0.4 is 5.32 Å². The molecule has 0 aromatic rings. The topological polar surface area (TPSA) is 32.3 Å². The maximum Gasteiger partial charge on any atom is 0.0443 e. The minimum absolute atomic E-state index is 0.311. The minimum Gasteiger partial charge on any atom is -0.396 e. The van der Waals surface area contributed by atoms with E-state index >= 15 is 0 Å². The van der Waals surface area contributed by atoms with E-state index in [1.165, 1.54) is 32.1 Å². The molecule has 1 saturated carbocycles. The van der Waals surface area contributed by atoms with Crippen LogP contribution >= 0.6 is 0 Å². The summed E-state index contributed by atoms with van der Waals surface area (Å²) in [5, 5.41) is 12.3. The summed E-state index contributed by atoms with van der Waals surface area (Å²) in [6.45, 7) is 8.42. The molecule has 2 heteroatoms. The Balaban J connectivity index is 2.23. The molecule has 1 fully saturated rings. The van der Waals surface area contributed by atoms with Gasteiger partial charge in [-0.05, 0) is 50.0 Å². The molecule has 0 amide bonds. The summed E-state index contributed by atoms with van der Waals surface area (Å²) in [6.07, 6.45) is 7.56. The minimum atomic E-state index is 0.311. The maximum atomic E-state index is 8.74. The van der Waals surface area contributed by atoms with Crippen LogP contribution in [0.2, 0.25) is 0 Å². The van der Waals surface area contributed by atoms with E-state index in [0.717, 1.165) is 18.9 Å². The van der Waals surface area contributed by atoms with E-state index in [1.54, 1.807) is 0 Å². The van der Waals surface area contributed by atoms with Crippen LogP contribution in [0.1, 0.15) is 59.3 Å². The zero-order valence-electron chi connectivity index (χ0n) is 11.3. The molecule has 0 unspecified atom stereocenters. The summed E-state index contributed by atoms with van der Waals surface area (Å²) >= 11 is 0. The predicted molar refractivity (Wildman–Crippen MR) is 69.5 cm³/mol. The van der Waals surface area contributed by atoms with E-state index < -0.39 is 0 Å². The zero-order valence-corrected chi connectivity index (χ0v) is 11.3. The van der Waals surface area contributed by atoms with E-state index in [0.29, 0.717) is 18.1 Å². The van der Waals surface area contributed by atoms with Crippen LogP contribution in [-0.4, -0.2) is 24.3 Å². The van der Waals surface area contributed by atoms with E-state index in [4.69, 9.17) is 5.11 Å². The Kier molecular flexibility index (Phi) is 5.77. The van der Waals surface area contributed by atoms with E-state index in [9.17, 15) is 0 Å². The zero-order chi connectivity index (χ0) is 12.0. The van der Waals surface area contributed by atoms with Crippen LogP contribution in [0.15, 0.2) is 0 Å². The predicted octanol–water partition coefficient (Wildman–Crippen LogP) is 2.95. The first-order chi connectivity index (χ1) is 7.60. The van der Waals surface area contributed by atoms with Gasteiger partial charge in [0.15, 0.2) is 0 Å². The van der Waals surface area contributed by atoms with Gasteiger partial charge in [-0.25, -0.2) is 0 Å². The first-order valence-electron chi connectivity index (χ1n) is 6.94. The van der Waals surface area contributed by atoms with Crippen molar-refractivity contribution in [3.8, 4) is 0 Å². The van der Waals surface area contributed by atoms with Crippen molar-refractivity contribution in [2.45, 2.75) is 65.3 Å². The smallest absolute Gasteiger partial charge is 0.0443 e. The molecule has 0 aromatic heterocycles. The molecule has 96 valence electrons. The average molecular weight is 227 g/mol. The molecule has 0 bridgehead atoms. The molecule has 0 spiro atoms. The number of hydrogen-bond acceptors (Lipinski definition) is 2. The first-order valence-corrected chi connectivity index (χ1v) is 6.94. The van der Waals surface area contributed by atoms with Crippen molar-refractivity contribution in [1.29, 1.82) is 0 Å². The highest BCUT2D eigenvalue weighted by molar-refractivity contribution is 4.84. The summed E-state index contributed by atoms with van der Waals surface area (Å²) in [5.74, 6) is 0.911. The van der Waals surface area contributed by atoms with Gasteiger partial charge in [0.2, 0.25) is 0 Å². The quantitative estimate of drug-likeness (QED) is 0.684. The Morgan fingerprint density at radius 3 is 2.31 bits per heavy atom. The molecule has 2 N–H and O–H groups in total. The Labute approximate surface area is 101 Å². The first kappa shape index (κ1) is 14.0. The number of rotatable bonds is 6. The van der Waals surface area contributed by atoms with Crippen LogP contribution in [0.5, 0.6) is 0 Å². The highest BCUT2D eigenvalue weighted by atomic mass is 16.3. The fourth-order valence-electron chi connectivity index (χ4n) is 2.75. The molecular formula is C14H29NO. The van der Waals surface area contributed by atoms with Gasteiger partial charge in [-0.3, -0.25) is 0 Å². The molecule has 0 aliphatic heterocycles. The van der Waals surface area contributed by atoms with Gasteiger partial charge in [-0.2, -0.15) is 0 Å². The number of aliphatic hydroxyl groups excluding tert-OH is 1. The van der Waals surface area contributed by atoms with Crippen molar-refractivity contribution in [3.63, 3.8) is 0 Å². The summed E-state index contributed by atoms with van der Waals surface area (Å²) in [5.41, 5.74) is 0.524. The van der Waals surface area contributed by atoms with Gasteiger partial charge >= 0.3 is 0 Å². The molecule has 1 rings (SSSR count). The van der Waals surface area contributed by atoms with Gasteiger partial charge in [0.05, 0.1) is 0 Å². The molecular weight excluding hydrogens is 198 g/mol. The Bertz CT molecular complexity index is 183. The summed E-state index contributed by atoms with van der Waals surface area (Å²) in [6, 6.07) is 0.704. The largest absolute Gasteiger partial charge is 0.396 e. The molecule has 0 aromatic carbocycles. The Hall–Kier alpha value is -0.0800. The standard InChI is InChI=1S/C14H29NO/c1-4-14(2,3)12-6-8-13(9-7-12)15-10-5-11-16/h12-13,15-16H,4-11H2,1-3H3. The fraction of sp³-hybridized carbons (Fsp3) is 1.00.